The normalized spacial score (nSPS) is 13.3. The standard InChI is InChI=1S/C15H19F2NO2.C9H13FN2S/c1-8(2)11-5-10(20-15(16)17)6-12(9-3-4-9)13(11)7-14(18)19;1-12(2)6-7-3-4-9(13-11)8(10)5-7/h5-6,8-9,15H,3-4,7H2,1-2H3,(H2,18,19);3-5H,6,11H2,1-2H3. The Morgan fingerprint density at radius 1 is 1.21 bits per heavy atom. The molecule has 2 aromatic rings. The Kier molecular flexibility index (Phi) is 10.1. The lowest BCUT2D eigenvalue weighted by Gasteiger charge is -2.19. The van der Waals surface area contributed by atoms with Gasteiger partial charge in [-0.05, 0) is 97.2 Å². The predicted octanol–water partition coefficient (Wildman–Crippen LogP) is 5.17. The Morgan fingerprint density at radius 2 is 1.88 bits per heavy atom. The summed E-state index contributed by atoms with van der Waals surface area (Å²) in [6.45, 7) is 1.82. The van der Waals surface area contributed by atoms with Gasteiger partial charge in [0, 0.05) is 6.54 Å². The van der Waals surface area contributed by atoms with Crippen molar-refractivity contribution in [2.45, 2.75) is 63.0 Å². The summed E-state index contributed by atoms with van der Waals surface area (Å²) < 4.78 is 42.5. The lowest BCUT2D eigenvalue weighted by Crippen LogP contribution is -2.17. The molecule has 0 heterocycles. The van der Waals surface area contributed by atoms with Crippen LogP contribution in [0.1, 0.15) is 60.8 Å². The number of benzene rings is 2. The average Bonchev–Trinajstić information content (AvgIpc) is 3.53. The van der Waals surface area contributed by atoms with Crippen molar-refractivity contribution in [1.29, 1.82) is 0 Å². The van der Waals surface area contributed by atoms with Gasteiger partial charge in [0.2, 0.25) is 5.91 Å². The molecule has 9 heteroatoms. The minimum absolute atomic E-state index is 0.114. The number of rotatable bonds is 9. The van der Waals surface area contributed by atoms with Gasteiger partial charge >= 0.3 is 6.61 Å². The molecule has 5 nitrogen and oxygen atoms in total. The number of nitrogens with two attached hydrogens (primary N) is 2. The third-order valence-corrected chi connectivity index (χ3v) is 5.71. The molecule has 0 spiro atoms. The van der Waals surface area contributed by atoms with E-state index in [0.29, 0.717) is 10.8 Å². The van der Waals surface area contributed by atoms with Crippen molar-refractivity contribution in [3.63, 3.8) is 0 Å². The first-order chi connectivity index (χ1) is 15.5. The van der Waals surface area contributed by atoms with Gasteiger partial charge in [-0.25, -0.2) is 4.39 Å². The smallest absolute Gasteiger partial charge is 0.387 e. The van der Waals surface area contributed by atoms with Crippen LogP contribution in [-0.4, -0.2) is 31.5 Å². The zero-order valence-corrected chi connectivity index (χ0v) is 20.2. The second-order valence-electron chi connectivity index (χ2n) is 8.65. The summed E-state index contributed by atoms with van der Waals surface area (Å²) in [6.07, 6.45) is 2.18. The second kappa shape index (κ2) is 12.3. The van der Waals surface area contributed by atoms with Crippen molar-refractivity contribution in [1.82, 2.24) is 4.90 Å². The van der Waals surface area contributed by atoms with E-state index in [1.807, 2.05) is 38.9 Å². The van der Waals surface area contributed by atoms with Crippen molar-refractivity contribution in [3.8, 4) is 5.75 Å². The Hall–Kier alpha value is -2.23. The maximum absolute atomic E-state index is 13.2. The number of amides is 1. The Morgan fingerprint density at radius 3 is 2.33 bits per heavy atom. The van der Waals surface area contributed by atoms with Crippen LogP contribution in [0.15, 0.2) is 35.2 Å². The highest BCUT2D eigenvalue weighted by atomic mass is 32.2. The van der Waals surface area contributed by atoms with E-state index in [0.717, 1.165) is 53.6 Å². The van der Waals surface area contributed by atoms with Crippen LogP contribution < -0.4 is 15.6 Å². The monoisotopic (exact) mass is 483 g/mol. The van der Waals surface area contributed by atoms with Crippen LogP contribution in [0.5, 0.6) is 5.75 Å². The fourth-order valence-corrected chi connectivity index (χ4v) is 3.93. The molecule has 1 aliphatic rings. The third-order valence-electron chi connectivity index (χ3n) is 5.13. The molecule has 0 saturated heterocycles. The molecule has 2 aromatic carbocycles. The van der Waals surface area contributed by atoms with E-state index in [2.05, 4.69) is 4.74 Å². The van der Waals surface area contributed by atoms with Gasteiger partial charge in [0.1, 0.15) is 11.6 Å². The Labute approximate surface area is 197 Å². The van der Waals surface area contributed by atoms with E-state index in [9.17, 15) is 18.0 Å². The minimum atomic E-state index is -2.84. The van der Waals surface area contributed by atoms with Crippen LogP contribution in [0.25, 0.3) is 0 Å². The SMILES string of the molecule is CC(C)c1cc(OC(F)F)cc(C2CC2)c1CC(N)=O.CN(C)Cc1ccc(SN)c(F)c1. The van der Waals surface area contributed by atoms with Crippen molar-refractivity contribution in [2.75, 3.05) is 14.1 Å². The molecule has 0 atom stereocenters. The number of ether oxygens (including phenoxy) is 1. The number of hydrogen-bond acceptors (Lipinski definition) is 5. The number of nitrogens with zero attached hydrogens (tertiary/aromatic N) is 1. The van der Waals surface area contributed by atoms with Crippen molar-refractivity contribution in [3.05, 3.63) is 58.4 Å². The van der Waals surface area contributed by atoms with Gasteiger partial charge in [0.05, 0.1) is 11.3 Å². The summed E-state index contributed by atoms with van der Waals surface area (Å²) >= 11 is 0.934. The van der Waals surface area contributed by atoms with Gasteiger partial charge in [0.25, 0.3) is 0 Å². The van der Waals surface area contributed by atoms with Crippen LogP contribution in [-0.2, 0) is 17.8 Å². The van der Waals surface area contributed by atoms with Gasteiger partial charge < -0.3 is 15.4 Å². The highest BCUT2D eigenvalue weighted by Crippen LogP contribution is 2.45. The molecule has 1 fully saturated rings. The van der Waals surface area contributed by atoms with Crippen LogP contribution in [0.2, 0.25) is 0 Å². The number of carbonyl (C=O) groups excluding carboxylic acids is 1. The van der Waals surface area contributed by atoms with Crippen LogP contribution in [0.4, 0.5) is 13.2 Å². The number of carbonyl (C=O) groups is 1. The summed E-state index contributed by atoms with van der Waals surface area (Å²) in [5, 5.41) is 5.27. The summed E-state index contributed by atoms with van der Waals surface area (Å²) in [7, 11) is 3.90. The molecule has 0 aromatic heterocycles. The highest BCUT2D eigenvalue weighted by Gasteiger charge is 2.29. The van der Waals surface area contributed by atoms with E-state index in [-0.39, 0.29) is 23.9 Å². The van der Waals surface area contributed by atoms with Crippen LogP contribution in [0.3, 0.4) is 0 Å². The molecule has 182 valence electrons. The molecule has 0 radical (unpaired) electrons. The van der Waals surface area contributed by atoms with E-state index < -0.39 is 12.5 Å². The van der Waals surface area contributed by atoms with E-state index >= 15 is 0 Å². The van der Waals surface area contributed by atoms with Gasteiger partial charge in [-0.2, -0.15) is 8.78 Å². The van der Waals surface area contributed by atoms with Gasteiger partial charge in [-0.3, -0.25) is 9.93 Å². The highest BCUT2D eigenvalue weighted by molar-refractivity contribution is 7.97. The molecule has 0 unspecified atom stereocenters. The number of primary amides is 1. The van der Waals surface area contributed by atoms with Crippen molar-refractivity contribution >= 4 is 17.9 Å². The summed E-state index contributed by atoms with van der Waals surface area (Å²) in [4.78, 5) is 13.8. The van der Waals surface area contributed by atoms with Crippen LogP contribution >= 0.6 is 11.9 Å². The maximum atomic E-state index is 13.2. The molecular weight excluding hydrogens is 451 g/mol. The fraction of sp³-hybridized carbons (Fsp3) is 0.458. The van der Waals surface area contributed by atoms with E-state index in [1.54, 1.807) is 18.2 Å². The zero-order valence-electron chi connectivity index (χ0n) is 19.4. The third kappa shape index (κ3) is 8.57. The minimum Gasteiger partial charge on any atom is -0.435 e. The number of alkyl halides is 2. The molecule has 1 amide bonds. The number of halogens is 3. The summed E-state index contributed by atoms with van der Waals surface area (Å²) in [5.41, 5.74) is 8.96. The van der Waals surface area contributed by atoms with Gasteiger partial charge in [-0.15, -0.1) is 0 Å². The summed E-state index contributed by atoms with van der Waals surface area (Å²) in [6, 6.07) is 8.35. The van der Waals surface area contributed by atoms with Gasteiger partial charge in [-0.1, -0.05) is 19.9 Å². The second-order valence-corrected chi connectivity index (χ2v) is 9.33. The van der Waals surface area contributed by atoms with Gasteiger partial charge in [0.15, 0.2) is 0 Å². The Balaban J connectivity index is 0.000000257. The average molecular weight is 484 g/mol. The topological polar surface area (TPSA) is 81.6 Å². The lowest BCUT2D eigenvalue weighted by atomic mass is 9.89. The number of hydrogen-bond donors (Lipinski definition) is 2. The fourth-order valence-electron chi connectivity index (χ4n) is 3.62. The maximum Gasteiger partial charge on any atom is 0.387 e. The zero-order chi connectivity index (χ0) is 24.7. The first-order valence-corrected chi connectivity index (χ1v) is 11.6. The van der Waals surface area contributed by atoms with E-state index in [1.165, 1.54) is 6.07 Å². The lowest BCUT2D eigenvalue weighted by molar-refractivity contribution is -0.117. The van der Waals surface area contributed by atoms with Crippen molar-refractivity contribution < 1.29 is 22.7 Å². The largest absolute Gasteiger partial charge is 0.435 e. The van der Waals surface area contributed by atoms with E-state index in [4.69, 9.17) is 10.9 Å². The molecule has 3 rings (SSSR count). The molecule has 4 N–H and O–H groups in total. The first-order valence-electron chi connectivity index (χ1n) is 10.7. The molecule has 1 saturated carbocycles. The summed E-state index contributed by atoms with van der Waals surface area (Å²) in [5.74, 6) is -0.0341. The molecule has 0 bridgehead atoms. The molecule has 0 aliphatic heterocycles. The van der Waals surface area contributed by atoms with Crippen molar-refractivity contribution in [2.24, 2.45) is 10.9 Å². The van der Waals surface area contributed by atoms with Crippen LogP contribution in [0, 0.1) is 5.82 Å². The Bertz CT molecular complexity index is 928. The molecule has 1 aliphatic carbocycles. The molecular formula is C24H32F3N3O2S. The molecule has 33 heavy (non-hydrogen) atoms. The first kappa shape index (κ1) is 27.0. The predicted molar refractivity (Wildman–Crippen MR) is 126 cm³/mol. The quantitative estimate of drug-likeness (QED) is 0.481.